The summed E-state index contributed by atoms with van der Waals surface area (Å²) < 4.78 is 0. The number of rotatable bonds is 3. The average Bonchev–Trinajstić information content (AvgIpc) is 2.34. The van der Waals surface area contributed by atoms with E-state index in [1.165, 1.54) is 12.8 Å². The summed E-state index contributed by atoms with van der Waals surface area (Å²) in [7, 11) is 0. The molecule has 0 radical (unpaired) electrons. The van der Waals surface area contributed by atoms with E-state index in [1.807, 2.05) is 0 Å². The van der Waals surface area contributed by atoms with Gasteiger partial charge in [-0.2, -0.15) is 0 Å². The molecule has 0 fully saturated rings. The van der Waals surface area contributed by atoms with Crippen molar-refractivity contribution in [1.82, 2.24) is 0 Å². The van der Waals surface area contributed by atoms with Gasteiger partial charge in [0.2, 0.25) is 0 Å². The highest BCUT2D eigenvalue weighted by Crippen LogP contribution is 2.15. The predicted molar refractivity (Wildman–Crippen MR) is 44.8 cm³/mol. The fourth-order valence-corrected chi connectivity index (χ4v) is 1.31. The zero-order valence-corrected chi connectivity index (χ0v) is 6.97. The monoisotopic (exact) mass is 186 g/mol. The van der Waals surface area contributed by atoms with E-state index in [2.05, 4.69) is 40.2 Å². The number of alkyl halides is 1. The Labute approximate surface area is 64.8 Å². The molecular weight excluding hydrogens is 176 g/mol. The van der Waals surface area contributed by atoms with Gasteiger partial charge in [0.15, 0.2) is 0 Å². The maximum Gasteiger partial charge on any atom is 0.00316 e. The van der Waals surface area contributed by atoms with Gasteiger partial charge < -0.3 is 0 Å². The van der Waals surface area contributed by atoms with Crippen LogP contribution in [0.3, 0.4) is 0 Å². The molecule has 0 spiro atoms. The number of hydrogen-bond donors (Lipinski definition) is 0. The molecule has 0 atom stereocenters. The molecule has 9 heavy (non-hydrogen) atoms. The lowest BCUT2D eigenvalue weighted by Crippen LogP contribution is -1.88. The van der Waals surface area contributed by atoms with Gasteiger partial charge in [-0.25, -0.2) is 0 Å². The van der Waals surface area contributed by atoms with Crippen LogP contribution >= 0.6 is 15.9 Å². The highest BCUT2D eigenvalue weighted by atomic mass is 79.9. The van der Waals surface area contributed by atoms with Crippen LogP contribution in [0.4, 0.5) is 0 Å². The predicted octanol–water partition coefficient (Wildman–Crippen LogP) is 2.90. The smallest absolute Gasteiger partial charge is 0.00316 e. The standard InChI is InChI=1S/C8H11Br/c9-7-3-6-8-4-1-2-5-8/h1-2,4-5,8H,3,6-7H2. The minimum absolute atomic E-state index is 0.725. The molecule has 0 aromatic carbocycles. The molecular formula is C8H11Br. The van der Waals surface area contributed by atoms with Crippen LogP contribution in [0, 0.1) is 5.92 Å². The minimum Gasteiger partial charge on any atom is -0.0928 e. The Morgan fingerprint density at radius 3 is 2.44 bits per heavy atom. The van der Waals surface area contributed by atoms with Crippen LogP contribution in [-0.4, -0.2) is 5.33 Å². The van der Waals surface area contributed by atoms with Crippen molar-refractivity contribution in [3.05, 3.63) is 24.3 Å². The molecule has 1 aliphatic rings. The van der Waals surface area contributed by atoms with Gasteiger partial charge in [0, 0.05) is 5.33 Å². The zero-order valence-electron chi connectivity index (χ0n) is 5.39. The molecule has 0 aromatic rings. The Kier molecular flexibility index (Phi) is 3.05. The molecule has 0 aromatic heterocycles. The van der Waals surface area contributed by atoms with Gasteiger partial charge in [0.1, 0.15) is 0 Å². The molecule has 0 bridgehead atoms. The Balaban J connectivity index is 2.13. The second-order valence-corrected chi connectivity index (χ2v) is 3.06. The van der Waals surface area contributed by atoms with Crippen molar-refractivity contribution in [2.75, 3.05) is 5.33 Å². The Morgan fingerprint density at radius 1 is 1.22 bits per heavy atom. The van der Waals surface area contributed by atoms with E-state index in [0.29, 0.717) is 0 Å². The molecule has 1 heteroatoms. The van der Waals surface area contributed by atoms with Crippen molar-refractivity contribution in [1.29, 1.82) is 0 Å². The van der Waals surface area contributed by atoms with Gasteiger partial charge in [-0.1, -0.05) is 40.2 Å². The fraction of sp³-hybridized carbons (Fsp3) is 0.500. The minimum atomic E-state index is 0.725. The lowest BCUT2D eigenvalue weighted by atomic mass is 10.1. The topological polar surface area (TPSA) is 0 Å². The molecule has 0 aliphatic heterocycles. The van der Waals surface area contributed by atoms with E-state index in [0.717, 1.165) is 11.2 Å². The van der Waals surface area contributed by atoms with Crippen LogP contribution in [0.5, 0.6) is 0 Å². The second kappa shape index (κ2) is 3.89. The van der Waals surface area contributed by atoms with Gasteiger partial charge in [-0.3, -0.25) is 0 Å². The van der Waals surface area contributed by atoms with Gasteiger partial charge >= 0.3 is 0 Å². The van der Waals surface area contributed by atoms with Crippen molar-refractivity contribution in [3.63, 3.8) is 0 Å². The molecule has 50 valence electrons. The quantitative estimate of drug-likeness (QED) is 0.596. The molecule has 0 N–H and O–H groups in total. The largest absolute Gasteiger partial charge is 0.0928 e. The normalized spacial score (nSPS) is 17.4. The highest BCUT2D eigenvalue weighted by Gasteiger charge is 2.00. The van der Waals surface area contributed by atoms with E-state index >= 15 is 0 Å². The summed E-state index contributed by atoms with van der Waals surface area (Å²) in [6.07, 6.45) is 11.3. The highest BCUT2D eigenvalue weighted by molar-refractivity contribution is 9.09. The summed E-state index contributed by atoms with van der Waals surface area (Å²) in [6.45, 7) is 0. The van der Waals surface area contributed by atoms with Gasteiger partial charge in [-0.05, 0) is 18.8 Å². The molecule has 0 nitrogen and oxygen atoms in total. The average molecular weight is 187 g/mol. The van der Waals surface area contributed by atoms with Crippen molar-refractivity contribution >= 4 is 15.9 Å². The third-order valence-electron chi connectivity index (χ3n) is 1.50. The number of hydrogen-bond acceptors (Lipinski definition) is 0. The van der Waals surface area contributed by atoms with Gasteiger partial charge in [-0.15, -0.1) is 0 Å². The SMILES string of the molecule is BrCCCC1C=CC=C1. The summed E-state index contributed by atoms with van der Waals surface area (Å²) >= 11 is 3.41. The summed E-state index contributed by atoms with van der Waals surface area (Å²) in [6, 6.07) is 0. The van der Waals surface area contributed by atoms with E-state index in [4.69, 9.17) is 0 Å². The first-order valence-corrected chi connectivity index (χ1v) is 4.46. The number of halogens is 1. The van der Waals surface area contributed by atoms with E-state index in [9.17, 15) is 0 Å². The first-order chi connectivity index (χ1) is 4.43. The molecule has 0 saturated heterocycles. The summed E-state index contributed by atoms with van der Waals surface area (Å²) in [5, 5.41) is 1.13. The van der Waals surface area contributed by atoms with Crippen LogP contribution in [0.15, 0.2) is 24.3 Å². The van der Waals surface area contributed by atoms with Crippen molar-refractivity contribution in [2.24, 2.45) is 5.92 Å². The Morgan fingerprint density at radius 2 is 1.89 bits per heavy atom. The Bertz CT molecular complexity index is 113. The van der Waals surface area contributed by atoms with Crippen LogP contribution in [-0.2, 0) is 0 Å². The van der Waals surface area contributed by atoms with Crippen LogP contribution in [0.1, 0.15) is 12.8 Å². The molecule has 1 aliphatic carbocycles. The van der Waals surface area contributed by atoms with Crippen LogP contribution in [0.25, 0.3) is 0 Å². The van der Waals surface area contributed by atoms with Crippen LogP contribution < -0.4 is 0 Å². The lowest BCUT2D eigenvalue weighted by Gasteiger charge is -2.00. The maximum atomic E-state index is 3.41. The van der Waals surface area contributed by atoms with Crippen molar-refractivity contribution in [2.45, 2.75) is 12.8 Å². The van der Waals surface area contributed by atoms with Crippen molar-refractivity contribution in [3.8, 4) is 0 Å². The summed E-state index contributed by atoms with van der Waals surface area (Å²) in [4.78, 5) is 0. The maximum absolute atomic E-state index is 3.41. The third-order valence-corrected chi connectivity index (χ3v) is 2.06. The van der Waals surface area contributed by atoms with E-state index in [1.54, 1.807) is 0 Å². The molecule has 0 saturated carbocycles. The molecule has 1 rings (SSSR count). The van der Waals surface area contributed by atoms with Crippen molar-refractivity contribution < 1.29 is 0 Å². The molecule has 0 unspecified atom stereocenters. The van der Waals surface area contributed by atoms with E-state index < -0.39 is 0 Å². The lowest BCUT2D eigenvalue weighted by molar-refractivity contribution is 0.705. The Hall–Kier alpha value is -0.0400. The van der Waals surface area contributed by atoms with Gasteiger partial charge in [0.25, 0.3) is 0 Å². The zero-order chi connectivity index (χ0) is 6.53. The first kappa shape index (κ1) is 7.07. The molecule has 0 amide bonds. The first-order valence-electron chi connectivity index (χ1n) is 3.34. The summed E-state index contributed by atoms with van der Waals surface area (Å²) in [5.74, 6) is 0.725. The summed E-state index contributed by atoms with van der Waals surface area (Å²) in [5.41, 5.74) is 0. The molecule has 0 heterocycles. The van der Waals surface area contributed by atoms with E-state index in [-0.39, 0.29) is 0 Å². The number of allylic oxidation sites excluding steroid dienone is 4. The van der Waals surface area contributed by atoms with Crippen LogP contribution in [0.2, 0.25) is 0 Å². The third kappa shape index (κ3) is 2.35. The van der Waals surface area contributed by atoms with Gasteiger partial charge in [0.05, 0.1) is 0 Å². The second-order valence-electron chi connectivity index (χ2n) is 2.26. The fourth-order valence-electron chi connectivity index (χ4n) is 0.983.